The van der Waals surface area contributed by atoms with Crippen LogP contribution < -0.4 is 0 Å². The maximum atomic E-state index is 10.9. The number of carbonyl (C=O) groups is 1. The molecule has 2 rings (SSSR count). The van der Waals surface area contributed by atoms with E-state index in [9.17, 15) is 4.79 Å². The summed E-state index contributed by atoms with van der Waals surface area (Å²) in [7, 11) is 0. The second kappa shape index (κ2) is 6.42. The first-order valence-electron chi connectivity index (χ1n) is 7.49. The van der Waals surface area contributed by atoms with E-state index in [0.717, 1.165) is 19.3 Å². The Morgan fingerprint density at radius 2 is 1.35 bits per heavy atom. The molecule has 17 heavy (non-hydrogen) atoms. The molecular formula is C15H26O2. The molecule has 0 atom stereocenters. The lowest BCUT2D eigenvalue weighted by molar-refractivity contribution is -0.155. The molecule has 0 N–H and O–H groups in total. The summed E-state index contributed by atoms with van der Waals surface area (Å²) in [5.41, 5.74) is -0.0947. The van der Waals surface area contributed by atoms with E-state index in [1.165, 1.54) is 64.2 Å². The summed E-state index contributed by atoms with van der Waals surface area (Å²) >= 11 is 0. The fraction of sp³-hybridized carbons (Fsp3) is 0.933. The fourth-order valence-electron chi connectivity index (χ4n) is 3.85. The summed E-state index contributed by atoms with van der Waals surface area (Å²) in [4.78, 5) is 10.9. The maximum absolute atomic E-state index is 10.9. The van der Waals surface area contributed by atoms with Crippen molar-refractivity contribution < 1.29 is 9.53 Å². The summed E-state index contributed by atoms with van der Waals surface area (Å²) in [6.07, 6.45) is 15.3. The van der Waals surface area contributed by atoms with Crippen LogP contribution in [0.2, 0.25) is 0 Å². The van der Waals surface area contributed by atoms with Gasteiger partial charge in [0.1, 0.15) is 5.60 Å². The molecule has 0 aromatic heterocycles. The third-order valence-corrected chi connectivity index (χ3v) is 4.83. The van der Waals surface area contributed by atoms with Crippen molar-refractivity contribution in [3.8, 4) is 0 Å². The summed E-state index contributed by atoms with van der Waals surface area (Å²) in [5.74, 6) is 0.638. The van der Waals surface area contributed by atoms with Gasteiger partial charge in [0.25, 0.3) is 6.47 Å². The summed E-state index contributed by atoms with van der Waals surface area (Å²) in [5, 5.41) is 0. The monoisotopic (exact) mass is 238 g/mol. The lowest BCUT2D eigenvalue weighted by Gasteiger charge is -2.42. The van der Waals surface area contributed by atoms with Crippen LogP contribution in [0.5, 0.6) is 0 Å². The largest absolute Gasteiger partial charge is 0.461 e. The molecule has 0 amide bonds. The predicted octanol–water partition coefficient (Wildman–Crippen LogP) is 4.22. The van der Waals surface area contributed by atoms with E-state index in [1.807, 2.05) is 0 Å². The van der Waals surface area contributed by atoms with Gasteiger partial charge in [0.2, 0.25) is 0 Å². The lowest BCUT2D eigenvalue weighted by Crippen LogP contribution is -2.42. The highest BCUT2D eigenvalue weighted by molar-refractivity contribution is 5.38. The normalized spacial score (nSPS) is 26.8. The van der Waals surface area contributed by atoms with Crippen LogP contribution in [0.25, 0.3) is 0 Å². The van der Waals surface area contributed by atoms with Crippen molar-refractivity contribution in [2.75, 3.05) is 0 Å². The van der Waals surface area contributed by atoms with Gasteiger partial charge in [-0.3, -0.25) is 4.79 Å². The van der Waals surface area contributed by atoms with Crippen LogP contribution in [-0.4, -0.2) is 12.1 Å². The van der Waals surface area contributed by atoms with Crippen LogP contribution in [-0.2, 0) is 9.53 Å². The Morgan fingerprint density at radius 1 is 0.824 bits per heavy atom. The zero-order valence-corrected chi connectivity index (χ0v) is 11.0. The first kappa shape index (κ1) is 12.9. The molecule has 0 aromatic rings. The SMILES string of the molecule is O=COC1(C2CCCCC2)CCCCCCC1. The van der Waals surface area contributed by atoms with Gasteiger partial charge in [0.15, 0.2) is 0 Å². The first-order chi connectivity index (χ1) is 8.37. The van der Waals surface area contributed by atoms with E-state index in [0.29, 0.717) is 5.92 Å². The van der Waals surface area contributed by atoms with Gasteiger partial charge in [-0.15, -0.1) is 0 Å². The molecule has 98 valence electrons. The van der Waals surface area contributed by atoms with Gasteiger partial charge in [-0.2, -0.15) is 0 Å². The minimum absolute atomic E-state index is 0.0947. The molecule has 2 saturated carbocycles. The van der Waals surface area contributed by atoms with Crippen molar-refractivity contribution >= 4 is 6.47 Å². The molecule has 2 aliphatic carbocycles. The highest BCUT2D eigenvalue weighted by atomic mass is 16.5. The molecule has 0 aromatic carbocycles. The molecule has 2 nitrogen and oxygen atoms in total. The van der Waals surface area contributed by atoms with Crippen LogP contribution in [0.15, 0.2) is 0 Å². The minimum atomic E-state index is -0.0947. The number of carbonyl (C=O) groups excluding carboxylic acids is 1. The van der Waals surface area contributed by atoms with Crippen molar-refractivity contribution in [2.24, 2.45) is 5.92 Å². The van der Waals surface area contributed by atoms with Gasteiger partial charge < -0.3 is 4.74 Å². The van der Waals surface area contributed by atoms with E-state index >= 15 is 0 Å². The van der Waals surface area contributed by atoms with Crippen molar-refractivity contribution in [2.45, 2.75) is 82.7 Å². The van der Waals surface area contributed by atoms with Gasteiger partial charge in [-0.05, 0) is 44.4 Å². The van der Waals surface area contributed by atoms with Crippen LogP contribution >= 0.6 is 0 Å². The summed E-state index contributed by atoms with van der Waals surface area (Å²) in [6, 6.07) is 0. The van der Waals surface area contributed by atoms with Crippen LogP contribution in [0.1, 0.15) is 77.0 Å². The summed E-state index contributed by atoms with van der Waals surface area (Å²) < 4.78 is 5.66. The first-order valence-corrected chi connectivity index (χ1v) is 7.49. The summed E-state index contributed by atoms with van der Waals surface area (Å²) in [6.45, 7) is 0.718. The van der Waals surface area contributed by atoms with Crippen molar-refractivity contribution in [3.63, 3.8) is 0 Å². The van der Waals surface area contributed by atoms with E-state index in [2.05, 4.69) is 0 Å². The Morgan fingerprint density at radius 3 is 1.94 bits per heavy atom. The molecule has 2 fully saturated rings. The average Bonchev–Trinajstić information content (AvgIpc) is 2.34. The molecule has 0 spiro atoms. The molecule has 0 heterocycles. The second-order valence-electron chi connectivity index (χ2n) is 5.88. The standard InChI is InChI=1S/C15H26O2/c16-13-17-15(14-9-5-4-6-10-14)11-7-2-1-3-8-12-15/h13-14H,1-12H2. The molecule has 2 aliphatic rings. The Bertz CT molecular complexity index is 223. The molecule has 0 radical (unpaired) electrons. The molecule has 0 saturated heterocycles. The quantitative estimate of drug-likeness (QED) is 0.688. The van der Waals surface area contributed by atoms with Crippen molar-refractivity contribution in [1.29, 1.82) is 0 Å². The lowest BCUT2D eigenvalue weighted by atomic mass is 9.71. The molecule has 0 unspecified atom stereocenters. The number of ether oxygens (including phenoxy) is 1. The van der Waals surface area contributed by atoms with Crippen LogP contribution in [0, 0.1) is 5.92 Å². The Kier molecular flexibility index (Phi) is 4.87. The maximum Gasteiger partial charge on any atom is 0.293 e. The average molecular weight is 238 g/mol. The zero-order chi connectivity index (χ0) is 12.0. The molecule has 0 bridgehead atoms. The van der Waals surface area contributed by atoms with Gasteiger partial charge in [-0.1, -0.05) is 38.5 Å². The zero-order valence-electron chi connectivity index (χ0n) is 11.0. The van der Waals surface area contributed by atoms with Gasteiger partial charge in [0, 0.05) is 0 Å². The van der Waals surface area contributed by atoms with Gasteiger partial charge in [-0.25, -0.2) is 0 Å². The fourth-order valence-corrected chi connectivity index (χ4v) is 3.85. The smallest absolute Gasteiger partial charge is 0.293 e. The van der Waals surface area contributed by atoms with E-state index < -0.39 is 0 Å². The Balaban J connectivity index is 2.06. The number of hydrogen-bond acceptors (Lipinski definition) is 2. The number of hydrogen-bond donors (Lipinski definition) is 0. The minimum Gasteiger partial charge on any atom is -0.461 e. The van der Waals surface area contributed by atoms with Crippen molar-refractivity contribution in [1.82, 2.24) is 0 Å². The van der Waals surface area contributed by atoms with E-state index in [4.69, 9.17) is 4.74 Å². The topological polar surface area (TPSA) is 26.3 Å². The van der Waals surface area contributed by atoms with E-state index in [1.54, 1.807) is 0 Å². The highest BCUT2D eigenvalue weighted by Crippen LogP contribution is 2.42. The molecule has 2 heteroatoms. The Hall–Kier alpha value is -0.530. The molecular weight excluding hydrogens is 212 g/mol. The highest BCUT2D eigenvalue weighted by Gasteiger charge is 2.40. The molecule has 0 aliphatic heterocycles. The second-order valence-corrected chi connectivity index (χ2v) is 5.88. The number of rotatable bonds is 3. The van der Waals surface area contributed by atoms with E-state index in [-0.39, 0.29) is 5.60 Å². The Labute approximate surface area is 105 Å². The third kappa shape index (κ3) is 3.23. The third-order valence-electron chi connectivity index (χ3n) is 4.83. The van der Waals surface area contributed by atoms with Crippen LogP contribution in [0.4, 0.5) is 0 Å². The van der Waals surface area contributed by atoms with Gasteiger partial charge >= 0.3 is 0 Å². The predicted molar refractivity (Wildman–Crippen MR) is 68.8 cm³/mol. The van der Waals surface area contributed by atoms with Crippen molar-refractivity contribution in [3.05, 3.63) is 0 Å². The van der Waals surface area contributed by atoms with Gasteiger partial charge in [0.05, 0.1) is 0 Å². The van der Waals surface area contributed by atoms with Crippen LogP contribution in [0.3, 0.4) is 0 Å².